The molecule has 4 aliphatic heterocycles. The van der Waals surface area contributed by atoms with Gasteiger partial charge in [-0.05, 0) is 79.5 Å². The quantitative estimate of drug-likeness (QED) is 0.317. The van der Waals surface area contributed by atoms with Crippen LogP contribution in [0.15, 0.2) is 36.8 Å². The van der Waals surface area contributed by atoms with Gasteiger partial charge in [-0.2, -0.15) is 0 Å². The van der Waals surface area contributed by atoms with Gasteiger partial charge in [0.25, 0.3) is 5.91 Å². The number of rotatable bonds is 7. The van der Waals surface area contributed by atoms with Crippen molar-refractivity contribution >= 4 is 52.6 Å². The minimum atomic E-state index is -4.98. The zero-order valence-electron chi connectivity index (χ0n) is 25.6. The Morgan fingerprint density at radius 3 is 2.62 bits per heavy atom. The Morgan fingerprint density at radius 1 is 1.09 bits per heavy atom. The number of benzene rings is 1. The molecule has 5 aliphatic rings. The van der Waals surface area contributed by atoms with Crippen molar-refractivity contribution in [1.82, 2.24) is 25.1 Å². The van der Waals surface area contributed by atoms with Gasteiger partial charge in [0, 0.05) is 54.6 Å². The molecular weight excluding hydrogens is 646 g/mol. The Bertz CT molecular complexity index is 1810. The second kappa shape index (κ2) is 11.6. The number of fused-ring (bicyclic) bond motifs is 3. The molecule has 6 heterocycles. The second-order valence-corrected chi connectivity index (χ2v) is 16.4. The minimum absolute atomic E-state index is 0.0332. The summed E-state index contributed by atoms with van der Waals surface area (Å²) in [6.45, 7) is 3.07. The van der Waals surface area contributed by atoms with Gasteiger partial charge in [-0.1, -0.05) is 6.07 Å². The highest BCUT2D eigenvalue weighted by Gasteiger charge is 2.52. The fourth-order valence-corrected chi connectivity index (χ4v) is 9.35. The molecule has 1 aliphatic carbocycles. The number of anilines is 1. The molecule has 0 spiro atoms. The van der Waals surface area contributed by atoms with Gasteiger partial charge in [0.1, 0.15) is 24.2 Å². The number of aromatic nitrogens is 2. The summed E-state index contributed by atoms with van der Waals surface area (Å²) in [7, 11) is -4.98. The van der Waals surface area contributed by atoms with E-state index in [1.165, 1.54) is 18.2 Å². The van der Waals surface area contributed by atoms with Crippen molar-refractivity contribution in [3.8, 4) is 0 Å². The molecule has 6 atom stereocenters. The molecule has 0 radical (unpaired) electrons. The van der Waals surface area contributed by atoms with E-state index >= 15 is 0 Å². The molecule has 3 aromatic rings. The van der Waals surface area contributed by atoms with Gasteiger partial charge in [-0.25, -0.2) is 14.4 Å². The number of nitrogens with zero attached hydrogens (tertiary/aromatic N) is 5. The summed E-state index contributed by atoms with van der Waals surface area (Å²) >= 11 is 1.16. The van der Waals surface area contributed by atoms with Gasteiger partial charge in [0.2, 0.25) is 17.7 Å². The van der Waals surface area contributed by atoms with Crippen molar-refractivity contribution in [3.05, 3.63) is 52.8 Å². The number of carbonyl (C=O) groups is 3. The van der Waals surface area contributed by atoms with Crippen LogP contribution in [0.3, 0.4) is 0 Å². The molecule has 3 amide bonds. The molecule has 15 heteroatoms. The molecular formula is C32H36FN6O6PS. The fourth-order valence-electron chi connectivity index (χ4n) is 7.86. The van der Waals surface area contributed by atoms with Crippen LogP contribution in [0.1, 0.15) is 71.2 Å². The van der Waals surface area contributed by atoms with Crippen molar-refractivity contribution in [1.29, 1.82) is 0 Å². The second-order valence-electron chi connectivity index (χ2n) is 13.7. The van der Waals surface area contributed by atoms with E-state index in [1.54, 1.807) is 17.3 Å². The van der Waals surface area contributed by atoms with Gasteiger partial charge in [0.15, 0.2) is 0 Å². The Hall–Kier alpha value is -3.45. The third-order valence-electron chi connectivity index (χ3n) is 10.7. The molecule has 8 rings (SSSR count). The van der Waals surface area contributed by atoms with Crippen molar-refractivity contribution in [2.45, 2.75) is 68.5 Å². The molecule has 1 unspecified atom stereocenters. The molecule has 0 bridgehead atoms. The van der Waals surface area contributed by atoms with Crippen LogP contribution in [0, 0.1) is 11.8 Å². The first-order valence-corrected chi connectivity index (χ1v) is 18.7. The standard InChI is InChI=1S/C32H36FN6O6PS/c33-28(46(43,44)45)17-2-5-26-20(8-17)12-27(47-26)30(40)36-24-11-19-9-18(19)10-22-3-4-25(39(22)31(24)41)32(42)38-14-21(15-38)23-13-34-16-35-29(23)37-6-1-7-37/h2,5,8,12-13,16,18-19,21-22,24-25,28H,1,3-4,6-7,9-11,14-15H2,(H,36,40)(H2,43,44,45)/t18-,19+,22?,24+,25+,28+/m1/s1. The number of hydrogen-bond acceptors (Lipinski definition) is 8. The van der Waals surface area contributed by atoms with Crippen molar-refractivity contribution < 1.29 is 33.1 Å². The van der Waals surface area contributed by atoms with E-state index < -0.39 is 31.5 Å². The maximum Gasteiger partial charge on any atom is 0.363 e. The molecule has 3 N–H and O–H groups in total. The maximum absolute atomic E-state index is 14.3. The predicted octanol–water partition coefficient (Wildman–Crippen LogP) is 3.56. The summed E-state index contributed by atoms with van der Waals surface area (Å²) in [6.07, 6.45) is 8.33. The Morgan fingerprint density at radius 2 is 1.87 bits per heavy atom. The summed E-state index contributed by atoms with van der Waals surface area (Å²) in [5.74, 6) is -1.23. The van der Waals surface area contributed by atoms with Crippen LogP contribution in [0.25, 0.3) is 10.1 Å². The SMILES string of the molecule is O=C(N[C@H]1C[C@@H]2C[C@@H]2CC2CC[C@@H](C(=O)N3CC(c4cncnc4N4CCC4)C3)N2C1=O)c1cc2cc([C@@H](F)P(=O)(O)O)ccc2s1. The first-order valence-electron chi connectivity index (χ1n) is 16.2. The summed E-state index contributed by atoms with van der Waals surface area (Å²) < 4.78 is 26.4. The summed E-state index contributed by atoms with van der Waals surface area (Å²) in [5.41, 5.74) is 0.901. The highest BCUT2D eigenvalue weighted by molar-refractivity contribution is 7.51. The van der Waals surface area contributed by atoms with E-state index in [1.807, 2.05) is 11.1 Å². The average molecular weight is 683 g/mol. The number of carbonyl (C=O) groups excluding carboxylic acids is 3. The highest BCUT2D eigenvalue weighted by Crippen LogP contribution is 2.53. The van der Waals surface area contributed by atoms with Crippen LogP contribution in [0.4, 0.5) is 10.2 Å². The summed E-state index contributed by atoms with van der Waals surface area (Å²) in [6, 6.07) is 4.36. The molecule has 47 heavy (non-hydrogen) atoms. The summed E-state index contributed by atoms with van der Waals surface area (Å²) in [5, 5.41) is 3.44. The van der Waals surface area contributed by atoms with Crippen LogP contribution in [-0.4, -0.2) is 91.6 Å². The number of likely N-dealkylation sites (tertiary alicyclic amines) is 1. The van der Waals surface area contributed by atoms with E-state index in [9.17, 15) is 33.1 Å². The number of amides is 3. The fraction of sp³-hybridized carbons (Fsp3) is 0.531. The van der Waals surface area contributed by atoms with Crippen LogP contribution in [-0.2, 0) is 14.2 Å². The lowest BCUT2D eigenvalue weighted by atomic mass is 9.91. The molecule has 12 nitrogen and oxygen atoms in total. The third kappa shape index (κ3) is 5.62. The van der Waals surface area contributed by atoms with Crippen LogP contribution in [0.2, 0.25) is 0 Å². The number of alkyl halides is 1. The van der Waals surface area contributed by atoms with E-state index in [2.05, 4.69) is 20.2 Å². The minimum Gasteiger partial charge on any atom is -0.356 e. The lowest BCUT2D eigenvalue weighted by Gasteiger charge is -2.44. The predicted molar refractivity (Wildman–Crippen MR) is 172 cm³/mol. The average Bonchev–Trinajstić information content (AvgIpc) is 3.36. The lowest BCUT2D eigenvalue weighted by Crippen LogP contribution is -2.59. The molecule has 1 saturated carbocycles. The zero-order valence-corrected chi connectivity index (χ0v) is 27.3. The molecule has 248 valence electrons. The van der Waals surface area contributed by atoms with Crippen molar-refractivity contribution in [2.75, 3.05) is 31.1 Å². The van der Waals surface area contributed by atoms with Gasteiger partial charge in [-0.3, -0.25) is 18.9 Å². The number of halogens is 1. The largest absolute Gasteiger partial charge is 0.363 e. The molecule has 5 fully saturated rings. The van der Waals surface area contributed by atoms with Crippen LogP contribution >= 0.6 is 18.9 Å². The van der Waals surface area contributed by atoms with Crippen molar-refractivity contribution in [3.63, 3.8) is 0 Å². The number of nitrogens with one attached hydrogen (secondary N) is 1. The monoisotopic (exact) mass is 682 g/mol. The number of thiophene rings is 1. The van der Waals surface area contributed by atoms with Gasteiger partial charge >= 0.3 is 7.60 Å². The topological polar surface area (TPSA) is 156 Å². The molecule has 2 aromatic heterocycles. The maximum atomic E-state index is 14.3. The van der Waals surface area contributed by atoms with E-state index in [4.69, 9.17) is 0 Å². The summed E-state index contributed by atoms with van der Waals surface area (Å²) in [4.78, 5) is 75.0. The molecule has 1 aromatic carbocycles. The third-order valence-corrected chi connectivity index (χ3v) is 12.7. The number of hydrogen-bond donors (Lipinski definition) is 3. The van der Waals surface area contributed by atoms with Gasteiger partial charge in [-0.15, -0.1) is 11.3 Å². The Balaban J connectivity index is 0.972. The normalized spacial score (nSPS) is 28.1. The zero-order chi connectivity index (χ0) is 32.6. The first kappa shape index (κ1) is 30.9. The first-order chi connectivity index (χ1) is 22.5. The van der Waals surface area contributed by atoms with E-state index in [0.717, 1.165) is 61.5 Å². The highest BCUT2D eigenvalue weighted by atomic mass is 32.1. The van der Waals surface area contributed by atoms with Gasteiger partial charge in [0.05, 0.1) is 4.88 Å². The molecule has 4 saturated heterocycles. The smallest absolute Gasteiger partial charge is 0.356 e. The van der Waals surface area contributed by atoms with Crippen LogP contribution in [0.5, 0.6) is 0 Å². The van der Waals surface area contributed by atoms with E-state index in [0.29, 0.717) is 52.7 Å². The van der Waals surface area contributed by atoms with E-state index in [-0.39, 0.29) is 29.3 Å². The van der Waals surface area contributed by atoms with Crippen molar-refractivity contribution in [2.24, 2.45) is 11.8 Å². The Labute approximate surface area is 274 Å². The van der Waals surface area contributed by atoms with Crippen LogP contribution < -0.4 is 10.2 Å². The van der Waals surface area contributed by atoms with Gasteiger partial charge < -0.3 is 29.8 Å². The lowest BCUT2D eigenvalue weighted by molar-refractivity contribution is -0.149. The Kier molecular flexibility index (Phi) is 7.62.